The van der Waals surface area contributed by atoms with Gasteiger partial charge in [-0.15, -0.1) is 0 Å². The minimum absolute atomic E-state index is 0.0312. The number of anilines is 1. The lowest BCUT2D eigenvalue weighted by Gasteiger charge is -2.27. The van der Waals surface area contributed by atoms with E-state index in [2.05, 4.69) is 34.8 Å². The largest absolute Gasteiger partial charge is 0.452 e. The molecule has 5 heterocycles. The van der Waals surface area contributed by atoms with Crippen LogP contribution in [0.2, 0.25) is 5.15 Å². The Morgan fingerprint density at radius 2 is 0.933 bits per heavy atom. The Kier molecular flexibility index (Phi) is 14.4. The van der Waals surface area contributed by atoms with Crippen LogP contribution in [0.5, 0.6) is 23.0 Å². The third kappa shape index (κ3) is 11.4. The maximum atomic E-state index is 15.1. The Morgan fingerprint density at radius 3 is 1.37 bits per heavy atom. The number of hydrogen-bond donors (Lipinski definition) is 0. The molecule has 0 N–H and O–H groups in total. The van der Waals surface area contributed by atoms with Crippen molar-refractivity contribution in [3.63, 3.8) is 0 Å². The van der Waals surface area contributed by atoms with Crippen molar-refractivity contribution in [1.82, 2.24) is 29.9 Å². The highest BCUT2D eigenvalue weighted by atomic mass is 35.5. The zero-order chi connectivity index (χ0) is 52.3. The number of ketones is 4. The monoisotopic (exact) mass is 1040 g/mol. The summed E-state index contributed by atoms with van der Waals surface area (Å²) >= 11 is 5.84. The van der Waals surface area contributed by atoms with Gasteiger partial charge in [0.05, 0.1) is 36.4 Å². The molecule has 3 fully saturated rings. The van der Waals surface area contributed by atoms with Crippen LogP contribution in [0.4, 0.5) is 23.4 Å². The second-order valence-electron chi connectivity index (χ2n) is 18.5. The second-order valence-corrected chi connectivity index (χ2v) is 18.9. The summed E-state index contributed by atoms with van der Waals surface area (Å²) < 4.78 is 73.1. The summed E-state index contributed by atoms with van der Waals surface area (Å²) in [6.45, 7) is 2.65. The molecule has 14 nitrogen and oxygen atoms in total. The molecule has 1 saturated heterocycles. The SMILES string of the molecule is O=C(Cc1ccc(F)cc1)C1(C(=O)Cc2ccc(Oc3ccnc4nc(Cl)cnc34)c(F)c2)CC1.O=C(Cc1ccc(F)cc1)C1(C(=O)Cc2ccc(Oc3ccnc4nc(N5CCOCC5)cnc34)c(F)c2)CC1. The lowest BCUT2D eigenvalue weighted by atomic mass is 9.88. The van der Waals surface area contributed by atoms with E-state index in [9.17, 15) is 32.3 Å². The summed E-state index contributed by atoms with van der Waals surface area (Å²) in [6, 6.07) is 23.0. The highest BCUT2D eigenvalue weighted by Crippen LogP contribution is 2.50. The first-order valence-corrected chi connectivity index (χ1v) is 24.4. The molecule has 2 saturated carbocycles. The molecule has 0 spiro atoms. The standard InChI is InChI=1S/C30H26F2N4O4.C26H18ClF2N3O3/c31-21-4-1-19(2-5-21)16-25(37)30(8-9-30)26(38)17-20-3-6-23(22(32)15-20)40-24-7-10-33-29-28(24)34-18-27(35-29)36-11-13-39-14-12-36;27-23-14-31-24-20(7-10-30-25(24)32-23)35-19-6-3-16(11-18(19)29)13-22(34)26(8-9-26)21(33)12-15-1-4-17(28)5-2-15/h1-7,10,15,18H,8-9,11-14,16-17H2;1-7,10-11,14H,8-9,12-13H2. The number of carbonyl (C=O) groups excluding carboxylic acids is 4. The highest BCUT2D eigenvalue weighted by Gasteiger charge is 2.55. The van der Waals surface area contributed by atoms with Crippen LogP contribution in [0.1, 0.15) is 47.9 Å². The summed E-state index contributed by atoms with van der Waals surface area (Å²) in [5.74, 6) is -1.78. The van der Waals surface area contributed by atoms with Crippen LogP contribution in [0, 0.1) is 34.1 Å². The number of aromatic nitrogens is 6. The summed E-state index contributed by atoms with van der Waals surface area (Å²) in [7, 11) is 0. The third-order valence-electron chi connectivity index (χ3n) is 13.5. The van der Waals surface area contributed by atoms with Gasteiger partial charge in [-0.2, -0.15) is 0 Å². The molecule has 0 radical (unpaired) electrons. The molecule has 1 aliphatic heterocycles. The number of halogens is 5. The van der Waals surface area contributed by atoms with E-state index in [1.165, 1.54) is 85.3 Å². The number of morpholine rings is 1. The molecule has 0 unspecified atom stereocenters. The first-order valence-electron chi connectivity index (χ1n) is 24.0. The van der Waals surface area contributed by atoms with E-state index in [0.717, 1.165) is 0 Å². The zero-order valence-corrected chi connectivity index (χ0v) is 40.7. The van der Waals surface area contributed by atoms with Crippen LogP contribution in [0.25, 0.3) is 22.3 Å². The van der Waals surface area contributed by atoms with Crippen molar-refractivity contribution < 1.29 is 51.0 Å². The van der Waals surface area contributed by atoms with Crippen LogP contribution >= 0.6 is 11.6 Å². The van der Waals surface area contributed by atoms with Gasteiger partial charge in [-0.3, -0.25) is 19.2 Å². The van der Waals surface area contributed by atoms with Gasteiger partial charge in [0.1, 0.15) is 22.6 Å². The van der Waals surface area contributed by atoms with Crippen LogP contribution in [-0.2, 0) is 49.6 Å². The van der Waals surface area contributed by atoms with Gasteiger partial charge in [-0.1, -0.05) is 48.0 Å². The number of fused-ring (bicyclic) bond motifs is 2. The number of carbonyl (C=O) groups is 4. The summed E-state index contributed by atoms with van der Waals surface area (Å²) in [5.41, 5.74) is 1.46. The Balaban J connectivity index is 0.000000173. The minimum atomic E-state index is -1.05. The average Bonchev–Trinajstić information content (AvgIpc) is 4.36. The van der Waals surface area contributed by atoms with E-state index >= 15 is 4.39 Å². The van der Waals surface area contributed by atoms with Gasteiger partial charge in [0.25, 0.3) is 0 Å². The molecule has 0 atom stereocenters. The Labute approximate surface area is 431 Å². The van der Waals surface area contributed by atoms with Crippen molar-refractivity contribution in [1.29, 1.82) is 0 Å². The van der Waals surface area contributed by atoms with Crippen LogP contribution in [0.15, 0.2) is 122 Å². The Morgan fingerprint density at radius 1 is 0.520 bits per heavy atom. The average molecular weight is 1040 g/mol. The molecule has 4 aromatic heterocycles. The van der Waals surface area contributed by atoms with E-state index in [-0.39, 0.29) is 88.5 Å². The quantitative estimate of drug-likeness (QED) is 0.0622. The third-order valence-corrected chi connectivity index (χ3v) is 13.6. The molecule has 2 aliphatic carbocycles. The molecule has 11 rings (SSSR count). The molecule has 380 valence electrons. The van der Waals surface area contributed by atoms with Gasteiger partial charge < -0.3 is 19.1 Å². The number of nitrogens with zero attached hydrogens (tertiary/aromatic N) is 7. The molecule has 19 heteroatoms. The number of pyridine rings is 2. The topological polar surface area (TPSA) is 177 Å². The number of hydrogen-bond acceptors (Lipinski definition) is 14. The second kappa shape index (κ2) is 21.4. The predicted molar refractivity (Wildman–Crippen MR) is 267 cm³/mol. The molecule has 75 heavy (non-hydrogen) atoms. The van der Waals surface area contributed by atoms with Crippen molar-refractivity contribution in [2.75, 3.05) is 31.2 Å². The smallest absolute Gasteiger partial charge is 0.184 e. The van der Waals surface area contributed by atoms with Crippen LogP contribution in [-0.4, -0.2) is 79.3 Å². The summed E-state index contributed by atoms with van der Waals surface area (Å²) in [5, 5.41) is 0.173. The molecule has 4 aromatic carbocycles. The molecule has 0 amide bonds. The molecule has 0 bridgehead atoms. The van der Waals surface area contributed by atoms with E-state index in [4.69, 9.17) is 25.8 Å². The fraction of sp³-hybridized carbons (Fsp3) is 0.250. The van der Waals surface area contributed by atoms with Crippen molar-refractivity contribution in [3.8, 4) is 23.0 Å². The van der Waals surface area contributed by atoms with E-state index < -0.39 is 22.5 Å². The maximum Gasteiger partial charge on any atom is 0.184 e. The molecule has 3 aliphatic rings. The number of Topliss-reactive ketones (excluding diaryl/α,β-unsaturated/α-hetero) is 4. The Hall–Kier alpha value is -8.09. The van der Waals surface area contributed by atoms with Crippen molar-refractivity contribution in [2.45, 2.75) is 51.4 Å². The van der Waals surface area contributed by atoms with E-state index in [1.807, 2.05) is 0 Å². The lowest BCUT2D eigenvalue weighted by molar-refractivity contribution is -0.135. The van der Waals surface area contributed by atoms with E-state index in [0.29, 0.717) is 102 Å². The van der Waals surface area contributed by atoms with Gasteiger partial charge in [-0.25, -0.2) is 47.5 Å². The van der Waals surface area contributed by atoms with Gasteiger partial charge >= 0.3 is 0 Å². The number of rotatable bonds is 17. The Bertz CT molecular complexity index is 3500. The van der Waals surface area contributed by atoms with Gasteiger partial charge in [0.15, 0.2) is 80.1 Å². The fourth-order valence-electron chi connectivity index (χ4n) is 8.89. The zero-order valence-electron chi connectivity index (χ0n) is 39.9. The maximum absolute atomic E-state index is 15.1. The summed E-state index contributed by atoms with van der Waals surface area (Å²) in [6.07, 6.45) is 7.81. The van der Waals surface area contributed by atoms with Crippen molar-refractivity contribution in [2.24, 2.45) is 10.8 Å². The number of benzene rings is 4. The highest BCUT2D eigenvalue weighted by molar-refractivity contribution is 6.29. The predicted octanol–water partition coefficient (Wildman–Crippen LogP) is 10.1. The molecular weight excluding hydrogens is 994 g/mol. The van der Waals surface area contributed by atoms with Gasteiger partial charge in [-0.05, 0) is 96.5 Å². The van der Waals surface area contributed by atoms with Crippen molar-refractivity contribution >= 4 is 62.9 Å². The first-order chi connectivity index (χ1) is 36.2. The van der Waals surface area contributed by atoms with Gasteiger partial charge in [0.2, 0.25) is 0 Å². The minimum Gasteiger partial charge on any atom is -0.452 e. The first kappa shape index (κ1) is 50.4. The van der Waals surface area contributed by atoms with Gasteiger partial charge in [0, 0.05) is 63.3 Å². The van der Waals surface area contributed by atoms with Crippen molar-refractivity contribution in [3.05, 3.63) is 173 Å². The molecular formula is C56H44ClF4N7O7. The van der Waals surface area contributed by atoms with Crippen LogP contribution in [0.3, 0.4) is 0 Å². The summed E-state index contributed by atoms with van der Waals surface area (Å²) in [4.78, 5) is 79.5. The van der Waals surface area contributed by atoms with E-state index in [1.54, 1.807) is 36.5 Å². The van der Waals surface area contributed by atoms with Crippen LogP contribution < -0.4 is 14.4 Å². The lowest BCUT2D eigenvalue weighted by Crippen LogP contribution is -2.36. The normalized spacial score (nSPS) is 15.1. The molecule has 8 aromatic rings. The fourth-order valence-corrected chi connectivity index (χ4v) is 9.01. The number of ether oxygens (including phenoxy) is 3.